The number of pyridine rings is 1. The highest BCUT2D eigenvalue weighted by Gasteiger charge is 2.15. The fraction of sp³-hybridized carbons (Fsp3) is 0.381. The summed E-state index contributed by atoms with van der Waals surface area (Å²) >= 11 is 1.57. The first-order chi connectivity index (χ1) is 14.6. The standard InChI is InChI=1S/C21H26N6O2S/c1-25-9-11-27(12-10-25)19-6-3-16(13-23-19)14-24-20(28)18-5-4-17(29-18)15-30-21-22-7-8-26(21)2/h3-8,13H,9-12,14-15H2,1-2H3,(H,24,28). The molecule has 0 saturated carbocycles. The molecular weight excluding hydrogens is 400 g/mol. The van der Waals surface area contributed by atoms with Gasteiger partial charge in [0.2, 0.25) is 0 Å². The van der Waals surface area contributed by atoms with Crippen molar-refractivity contribution in [1.82, 2.24) is 24.8 Å². The van der Waals surface area contributed by atoms with Crippen molar-refractivity contribution in [2.24, 2.45) is 7.05 Å². The Hall–Kier alpha value is -2.78. The van der Waals surface area contributed by atoms with Crippen LogP contribution in [0.25, 0.3) is 0 Å². The van der Waals surface area contributed by atoms with Gasteiger partial charge in [-0.3, -0.25) is 4.79 Å². The highest BCUT2D eigenvalue weighted by Crippen LogP contribution is 2.22. The number of aromatic nitrogens is 3. The molecule has 4 rings (SSSR count). The van der Waals surface area contributed by atoms with E-state index >= 15 is 0 Å². The lowest BCUT2D eigenvalue weighted by molar-refractivity contribution is 0.0921. The average Bonchev–Trinajstić information content (AvgIpc) is 3.40. The number of amides is 1. The number of rotatable bonds is 7. The molecular formula is C21H26N6O2S. The van der Waals surface area contributed by atoms with Crippen molar-refractivity contribution < 1.29 is 9.21 Å². The van der Waals surface area contributed by atoms with Crippen LogP contribution in [-0.4, -0.2) is 58.6 Å². The maximum Gasteiger partial charge on any atom is 0.287 e. The van der Waals surface area contributed by atoms with E-state index in [0.717, 1.165) is 48.5 Å². The van der Waals surface area contributed by atoms with Crippen LogP contribution in [0.3, 0.4) is 0 Å². The first-order valence-corrected chi connectivity index (χ1v) is 10.9. The molecule has 0 bridgehead atoms. The van der Waals surface area contributed by atoms with Gasteiger partial charge < -0.3 is 24.1 Å². The molecule has 4 heterocycles. The van der Waals surface area contributed by atoms with Crippen LogP contribution in [0, 0.1) is 0 Å². The quantitative estimate of drug-likeness (QED) is 0.581. The fourth-order valence-electron chi connectivity index (χ4n) is 3.22. The van der Waals surface area contributed by atoms with Crippen LogP contribution in [0.4, 0.5) is 5.82 Å². The predicted octanol–water partition coefficient (Wildman–Crippen LogP) is 2.38. The summed E-state index contributed by atoms with van der Waals surface area (Å²) in [7, 11) is 4.08. The molecule has 0 aliphatic carbocycles. The van der Waals surface area contributed by atoms with E-state index in [1.165, 1.54) is 0 Å². The average molecular weight is 427 g/mol. The number of thioether (sulfide) groups is 1. The molecule has 0 aromatic carbocycles. The fourth-order valence-corrected chi connectivity index (χ4v) is 4.04. The minimum Gasteiger partial charge on any atom is -0.455 e. The van der Waals surface area contributed by atoms with Crippen molar-refractivity contribution in [2.45, 2.75) is 17.5 Å². The minimum absolute atomic E-state index is 0.230. The van der Waals surface area contributed by atoms with E-state index < -0.39 is 0 Å². The highest BCUT2D eigenvalue weighted by molar-refractivity contribution is 7.98. The number of piperazine rings is 1. The van der Waals surface area contributed by atoms with Crippen molar-refractivity contribution >= 4 is 23.5 Å². The van der Waals surface area contributed by atoms with Gasteiger partial charge in [-0.25, -0.2) is 9.97 Å². The first kappa shape index (κ1) is 20.5. The van der Waals surface area contributed by atoms with Crippen LogP contribution in [0.2, 0.25) is 0 Å². The first-order valence-electron chi connectivity index (χ1n) is 9.94. The Bertz CT molecular complexity index is 976. The van der Waals surface area contributed by atoms with Gasteiger partial charge in [0.15, 0.2) is 10.9 Å². The van der Waals surface area contributed by atoms with E-state index in [-0.39, 0.29) is 5.91 Å². The van der Waals surface area contributed by atoms with Gasteiger partial charge in [0.05, 0.1) is 5.75 Å². The Kier molecular flexibility index (Phi) is 6.39. The molecule has 1 amide bonds. The maximum atomic E-state index is 12.4. The summed E-state index contributed by atoms with van der Waals surface area (Å²) in [5.41, 5.74) is 0.957. The third-order valence-electron chi connectivity index (χ3n) is 5.10. The number of hydrogen-bond donors (Lipinski definition) is 1. The predicted molar refractivity (Wildman–Crippen MR) is 117 cm³/mol. The Balaban J connectivity index is 1.26. The number of likely N-dealkylation sites (N-methyl/N-ethyl adjacent to an activating group) is 1. The van der Waals surface area contributed by atoms with E-state index in [4.69, 9.17) is 4.42 Å². The molecule has 8 nitrogen and oxygen atoms in total. The second-order valence-electron chi connectivity index (χ2n) is 7.37. The van der Waals surface area contributed by atoms with Gasteiger partial charge in [-0.1, -0.05) is 17.8 Å². The molecule has 3 aromatic rings. The smallest absolute Gasteiger partial charge is 0.287 e. The van der Waals surface area contributed by atoms with Crippen molar-refractivity contribution in [3.8, 4) is 0 Å². The molecule has 3 aromatic heterocycles. The van der Waals surface area contributed by atoms with Gasteiger partial charge in [-0.15, -0.1) is 0 Å². The summed E-state index contributed by atoms with van der Waals surface area (Å²) in [6.45, 7) is 4.47. The van der Waals surface area contributed by atoms with Crippen LogP contribution in [0.15, 0.2) is 52.4 Å². The van der Waals surface area contributed by atoms with Gasteiger partial charge >= 0.3 is 0 Å². The third kappa shape index (κ3) is 5.03. The zero-order valence-electron chi connectivity index (χ0n) is 17.2. The van der Waals surface area contributed by atoms with Gasteiger partial charge in [-0.2, -0.15) is 0 Å². The Morgan fingerprint density at radius 3 is 2.67 bits per heavy atom. The summed E-state index contributed by atoms with van der Waals surface area (Å²) in [5.74, 6) is 2.43. The number of carbonyl (C=O) groups is 1. The van der Waals surface area contributed by atoms with Crippen molar-refractivity contribution in [3.05, 3.63) is 59.9 Å². The number of nitrogens with one attached hydrogen (secondary N) is 1. The minimum atomic E-state index is -0.230. The zero-order chi connectivity index (χ0) is 20.9. The summed E-state index contributed by atoms with van der Waals surface area (Å²) < 4.78 is 7.63. The highest BCUT2D eigenvalue weighted by atomic mass is 32.2. The largest absolute Gasteiger partial charge is 0.455 e. The number of nitrogens with zero attached hydrogens (tertiary/aromatic N) is 5. The molecule has 30 heavy (non-hydrogen) atoms. The lowest BCUT2D eigenvalue weighted by Gasteiger charge is -2.33. The van der Waals surface area contributed by atoms with Crippen molar-refractivity contribution in [3.63, 3.8) is 0 Å². The summed E-state index contributed by atoms with van der Waals surface area (Å²) in [5, 5.41) is 3.80. The third-order valence-corrected chi connectivity index (χ3v) is 6.18. The number of carbonyl (C=O) groups excluding carboxylic acids is 1. The van der Waals surface area contributed by atoms with E-state index in [9.17, 15) is 4.79 Å². The number of aryl methyl sites for hydroxylation is 1. The molecule has 9 heteroatoms. The van der Waals surface area contributed by atoms with Crippen molar-refractivity contribution in [1.29, 1.82) is 0 Å². The lowest BCUT2D eigenvalue weighted by Crippen LogP contribution is -2.44. The summed E-state index contributed by atoms with van der Waals surface area (Å²) in [6, 6.07) is 7.57. The number of hydrogen-bond acceptors (Lipinski definition) is 7. The van der Waals surface area contributed by atoms with Crippen LogP contribution >= 0.6 is 11.8 Å². The van der Waals surface area contributed by atoms with Gasteiger partial charge in [0, 0.05) is 58.4 Å². The zero-order valence-corrected chi connectivity index (χ0v) is 18.1. The number of imidazole rings is 1. The number of furan rings is 1. The molecule has 0 atom stereocenters. The van der Waals surface area contributed by atoms with Crippen LogP contribution < -0.4 is 10.2 Å². The molecule has 0 radical (unpaired) electrons. The Morgan fingerprint density at radius 1 is 1.13 bits per heavy atom. The SMILES string of the molecule is CN1CCN(c2ccc(CNC(=O)c3ccc(CSc4nccn4C)o3)cn2)CC1. The lowest BCUT2D eigenvalue weighted by atomic mass is 10.2. The van der Waals surface area contributed by atoms with E-state index in [2.05, 4.69) is 32.1 Å². The van der Waals surface area contributed by atoms with Crippen LogP contribution in [0.5, 0.6) is 0 Å². The van der Waals surface area contributed by atoms with Crippen LogP contribution in [0.1, 0.15) is 21.9 Å². The topological polar surface area (TPSA) is 79.4 Å². The van der Waals surface area contributed by atoms with Gasteiger partial charge in [0.1, 0.15) is 11.6 Å². The molecule has 1 fully saturated rings. The normalized spacial score (nSPS) is 14.8. The second-order valence-corrected chi connectivity index (χ2v) is 8.32. The molecule has 1 aliphatic rings. The molecule has 1 N–H and O–H groups in total. The Labute approximate surface area is 180 Å². The van der Waals surface area contributed by atoms with Gasteiger partial charge in [0.25, 0.3) is 5.91 Å². The molecule has 1 aliphatic heterocycles. The van der Waals surface area contributed by atoms with E-state index in [1.807, 2.05) is 42.2 Å². The van der Waals surface area contributed by atoms with E-state index in [1.54, 1.807) is 24.0 Å². The number of anilines is 1. The molecule has 1 saturated heterocycles. The summed E-state index contributed by atoms with van der Waals surface area (Å²) in [6.07, 6.45) is 5.48. The molecule has 0 unspecified atom stereocenters. The monoisotopic (exact) mass is 426 g/mol. The van der Waals surface area contributed by atoms with Crippen molar-refractivity contribution in [2.75, 3.05) is 38.1 Å². The Morgan fingerprint density at radius 2 is 1.97 bits per heavy atom. The van der Waals surface area contributed by atoms with Gasteiger partial charge in [-0.05, 0) is 30.8 Å². The summed E-state index contributed by atoms with van der Waals surface area (Å²) in [4.78, 5) is 25.8. The molecule has 158 valence electrons. The maximum absolute atomic E-state index is 12.4. The van der Waals surface area contributed by atoms with Crippen LogP contribution in [-0.2, 0) is 19.3 Å². The van der Waals surface area contributed by atoms with E-state index in [0.29, 0.717) is 18.1 Å². The second kappa shape index (κ2) is 9.36. The molecule has 0 spiro atoms.